The summed E-state index contributed by atoms with van der Waals surface area (Å²) in [6.07, 6.45) is 0.855. The van der Waals surface area contributed by atoms with Crippen LogP contribution in [0.4, 0.5) is 0 Å². The highest BCUT2D eigenvalue weighted by Gasteiger charge is 2.32. The minimum Gasteiger partial charge on any atom is -0.454 e. The molecule has 0 aliphatic heterocycles. The van der Waals surface area contributed by atoms with Crippen molar-refractivity contribution in [3.05, 3.63) is 122 Å². The smallest absolute Gasteiger partial charge is 0.330 e. The third-order valence-corrected chi connectivity index (χ3v) is 8.08. The number of hydrogen-bond donors (Lipinski definition) is 0. The summed E-state index contributed by atoms with van der Waals surface area (Å²) in [4.78, 5) is 11.9. The number of carbonyl (C=O) groups is 1. The second kappa shape index (κ2) is 9.64. The Morgan fingerprint density at radius 3 is 1.91 bits per heavy atom. The summed E-state index contributed by atoms with van der Waals surface area (Å²) in [5.74, 6) is -0.596. The molecular weight excluding hydrogens is 415 g/mol. The maximum Gasteiger partial charge on any atom is 0.330 e. The van der Waals surface area contributed by atoms with Crippen LogP contribution in [0.2, 0.25) is 0 Å². The molecule has 0 aliphatic carbocycles. The van der Waals surface area contributed by atoms with Crippen molar-refractivity contribution < 1.29 is 14.1 Å². The van der Waals surface area contributed by atoms with Crippen LogP contribution in [0, 0.1) is 0 Å². The fourth-order valence-corrected chi connectivity index (χ4v) is 6.24. The number of esters is 1. The maximum absolute atomic E-state index is 14.7. The summed E-state index contributed by atoms with van der Waals surface area (Å²) in [7, 11) is -3.33. The lowest BCUT2D eigenvalue weighted by atomic mass is 9.94. The van der Waals surface area contributed by atoms with Gasteiger partial charge in [0.2, 0.25) is 0 Å². The molecule has 158 valence electrons. The van der Waals surface area contributed by atoms with Crippen LogP contribution in [-0.2, 0) is 14.1 Å². The molecule has 3 nitrogen and oxygen atoms in total. The Labute approximate surface area is 188 Å². The van der Waals surface area contributed by atoms with E-state index in [9.17, 15) is 9.36 Å². The van der Waals surface area contributed by atoms with Crippen LogP contribution in [0.25, 0.3) is 22.3 Å². The normalized spacial score (nSPS) is 12.5. The molecular formula is C28H23O3P. The number of carbonyl (C=O) groups excluding carboxylic acids is 1. The van der Waals surface area contributed by atoms with Gasteiger partial charge in [0.15, 0.2) is 13.5 Å². The van der Waals surface area contributed by atoms with E-state index in [0.29, 0.717) is 10.6 Å². The summed E-state index contributed by atoms with van der Waals surface area (Å²) in [6, 6.07) is 35.0. The predicted molar refractivity (Wildman–Crippen MR) is 132 cm³/mol. The second-order valence-corrected chi connectivity index (χ2v) is 10.0. The summed E-state index contributed by atoms with van der Waals surface area (Å²) >= 11 is 0. The zero-order chi connectivity index (χ0) is 22.4. The average molecular weight is 438 g/mol. The fourth-order valence-electron chi connectivity index (χ4n) is 3.77. The fraction of sp³-hybridized carbons (Fsp3) is 0.0357. The molecule has 1 atom stereocenters. The van der Waals surface area contributed by atoms with Gasteiger partial charge in [0, 0.05) is 22.2 Å². The molecule has 4 rings (SSSR count). The second-order valence-electron chi connectivity index (χ2n) is 7.30. The van der Waals surface area contributed by atoms with Crippen molar-refractivity contribution in [2.75, 3.05) is 6.35 Å². The molecule has 32 heavy (non-hydrogen) atoms. The largest absolute Gasteiger partial charge is 0.454 e. The molecule has 4 aromatic carbocycles. The number of hydrogen-bond acceptors (Lipinski definition) is 3. The van der Waals surface area contributed by atoms with Crippen LogP contribution in [0.5, 0.6) is 0 Å². The van der Waals surface area contributed by atoms with E-state index >= 15 is 0 Å². The van der Waals surface area contributed by atoms with Gasteiger partial charge in [0.1, 0.15) is 0 Å². The Kier molecular flexibility index (Phi) is 6.49. The zero-order valence-corrected chi connectivity index (χ0v) is 18.5. The first kappa shape index (κ1) is 21.5. The lowest BCUT2D eigenvalue weighted by Gasteiger charge is -2.24. The van der Waals surface area contributed by atoms with Gasteiger partial charge in [0.25, 0.3) is 0 Å². The summed E-state index contributed by atoms with van der Waals surface area (Å²) < 4.78 is 20.1. The van der Waals surface area contributed by atoms with E-state index in [-0.39, 0.29) is 6.35 Å². The Morgan fingerprint density at radius 1 is 0.750 bits per heavy atom. The van der Waals surface area contributed by atoms with Gasteiger partial charge in [-0.05, 0) is 16.7 Å². The van der Waals surface area contributed by atoms with Gasteiger partial charge in [-0.2, -0.15) is 0 Å². The van der Waals surface area contributed by atoms with Crippen molar-refractivity contribution in [1.82, 2.24) is 0 Å². The molecule has 0 N–H and O–H groups in total. The first-order valence-corrected chi connectivity index (χ1v) is 12.2. The first-order chi connectivity index (χ1) is 15.6. The average Bonchev–Trinajstić information content (AvgIpc) is 2.88. The van der Waals surface area contributed by atoms with Gasteiger partial charge in [-0.15, -0.1) is 0 Å². The topological polar surface area (TPSA) is 43.4 Å². The lowest BCUT2D eigenvalue weighted by Crippen LogP contribution is -2.23. The van der Waals surface area contributed by atoms with Crippen molar-refractivity contribution in [2.45, 2.75) is 0 Å². The number of ether oxygens (including phenoxy) is 1. The van der Waals surface area contributed by atoms with Gasteiger partial charge in [-0.25, -0.2) is 4.79 Å². The van der Waals surface area contributed by atoms with Crippen LogP contribution >= 0.6 is 7.14 Å². The highest BCUT2D eigenvalue weighted by Crippen LogP contribution is 2.48. The van der Waals surface area contributed by atoms with Gasteiger partial charge in [0.05, 0.1) is 0 Å². The molecule has 0 amide bonds. The molecule has 4 aromatic rings. The molecule has 4 heteroatoms. The standard InChI is InChI=1S/C28H23O3P/c1-2-27(29)31-21-32(30,24-17-10-5-11-18-24)26-20-12-19-25(22-13-6-3-7-14-22)28(26)23-15-8-4-9-16-23/h2-20H,1,21H2. The van der Waals surface area contributed by atoms with Crippen molar-refractivity contribution in [1.29, 1.82) is 0 Å². The summed E-state index contributed by atoms with van der Waals surface area (Å²) in [6.45, 7) is 3.46. The maximum atomic E-state index is 14.7. The minimum atomic E-state index is -3.33. The van der Waals surface area contributed by atoms with E-state index in [1.807, 2.05) is 109 Å². The molecule has 0 heterocycles. The summed E-state index contributed by atoms with van der Waals surface area (Å²) in [5.41, 5.74) is 3.82. The molecule has 0 bridgehead atoms. The molecule has 0 aliphatic rings. The van der Waals surface area contributed by atoms with E-state index in [0.717, 1.165) is 28.3 Å². The first-order valence-electron chi connectivity index (χ1n) is 10.3. The zero-order valence-electron chi connectivity index (χ0n) is 17.6. The van der Waals surface area contributed by atoms with Gasteiger partial charge < -0.3 is 9.30 Å². The molecule has 0 saturated carbocycles. The van der Waals surface area contributed by atoms with Crippen LogP contribution < -0.4 is 10.6 Å². The van der Waals surface area contributed by atoms with Crippen molar-refractivity contribution >= 4 is 23.7 Å². The Balaban J connectivity index is 2.00. The van der Waals surface area contributed by atoms with Crippen LogP contribution in [0.1, 0.15) is 0 Å². The van der Waals surface area contributed by atoms with E-state index in [2.05, 4.69) is 6.58 Å². The molecule has 0 saturated heterocycles. The quantitative estimate of drug-likeness (QED) is 0.201. The number of benzene rings is 4. The highest BCUT2D eigenvalue weighted by atomic mass is 31.2. The molecule has 0 fully saturated rings. The Morgan fingerprint density at radius 2 is 1.31 bits per heavy atom. The van der Waals surface area contributed by atoms with Crippen molar-refractivity contribution in [3.8, 4) is 22.3 Å². The molecule has 0 spiro atoms. The van der Waals surface area contributed by atoms with Crippen LogP contribution in [0.3, 0.4) is 0 Å². The Bertz CT molecular complexity index is 1270. The third kappa shape index (κ3) is 4.34. The van der Waals surface area contributed by atoms with Crippen molar-refractivity contribution in [2.24, 2.45) is 0 Å². The highest BCUT2D eigenvalue weighted by molar-refractivity contribution is 7.78. The number of rotatable bonds is 7. The van der Waals surface area contributed by atoms with Gasteiger partial charge in [-0.1, -0.05) is 116 Å². The van der Waals surface area contributed by atoms with Gasteiger partial charge >= 0.3 is 5.97 Å². The van der Waals surface area contributed by atoms with E-state index in [4.69, 9.17) is 4.74 Å². The van der Waals surface area contributed by atoms with Gasteiger partial charge in [-0.3, -0.25) is 0 Å². The molecule has 0 aromatic heterocycles. The predicted octanol–water partition coefficient (Wildman–Crippen LogP) is 6.02. The van der Waals surface area contributed by atoms with Crippen LogP contribution in [-0.4, -0.2) is 12.3 Å². The van der Waals surface area contributed by atoms with E-state index in [1.165, 1.54) is 0 Å². The SMILES string of the molecule is C=CC(=O)OCP(=O)(c1ccccc1)c1cccc(-c2ccccc2)c1-c1ccccc1. The van der Waals surface area contributed by atoms with Crippen LogP contribution in [0.15, 0.2) is 122 Å². The Hall–Kier alpha value is -3.68. The molecule has 0 radical (unpaired) electrons. The third-order valence-electron chi connectivity index (χ3n) is 5.31. The van der Waals surface area contributed by atoms with Crippen molar-refractivity contribution in [3.63, 3.8) is 0 Å². The minimum absolute atomic E-state index is 0.236. The van der Waals surface area contributed by atoms with E-state index < -0.39 is 13.1 Å². The monoisotopic (exact) mass is 438 g/mol. The van der Waals surface area contributed by atoms with E-state index in [1.54, 1.807) is 0 Å². The summed E-state index contributed by atoms with van der Waals surface area (Å²) in [5, 5.41) is 1.30. The lowest BCUT2D eigenvalue weighted by molar-refractivity contribution is -0.135. The molecule has 1 unspecified atom stereocenters.